The Kier molecular flexibility index (Phi) is 5.18. The van der Waals surface area contributed by atoms with Gasteiger partial charge in [0.1, 0.15) is 0 Å². The quantitative estimate of drug-likeness (QED) is 0.723. The van der Waals surface area contributed by atoms with Crippen LogP contribution >= 0.6 is 0 Å². The topological polar surface area (TPSA) is 95.6 Å². The fourth-order valence-corrected chi connectivity index (χ4v) is 3.98. The molecule has 2 aliphatic rings. The predicted octanol–water partition coefficient (Wildman–Crippen LogP) is 2.19. The van der Waals surface area contributed by atoms with E-state index >= 15 is 0 Å². The molecule has 2 aromatic carbocycles. The molecule has 152 valence electrons. The van der Waals surface area contributed by atoms with Gasteiger partial charge in [0.05, 0.1) is 0 Å². The second kappa shape index (κ2) is 7.94. The highest BCUT2D eigenvalue weighted by Crippen LogP contribution is 2.47. The molecule has 0 fully saturated rings. The predicted molar refractivity (Wildman–Crippen MR) is 112 cm³/mol. The first-order valence-corrected chi connectivity index (χ1v) is 9.75. The van der Waals surface area contributed by atoms with E-state index in [9.17, 15) is 19.2 Å². The van der Waals surface area contributed by atoms with Gasteiger partial charge < -0.3 is 10.6 Å². The minimum atomic E-state index is -0.403. The van der Waals surface area contributed by atoms with Gasteiger partial charge in [0.2, 0.25) is 11.8 Å². The first-order valence-electron chi connectivity index (χ1n) is 9.75. The molecule has 4 rings (SSSR count). The molecule has 0 radical (unpaired) electrons. The van der Waals surface area contributed by atoms with Crippen LogP contribution in [0.25, 0.3) is 11.1 Å². The summed E-state index contributed by atoms with van der Waals surface area (Å²) in [6.45, 7) is 0.0339. The zero-order chi connectivity index (χ0) is 21.3. The molecule has 0 bridgehead atoms. The Bertz CT molecular complexity index is 1070. The summed E-state index contributed by atoms with van der Waals surface area (Å²) in [6, 6.07) is 13.7. The van der Waals surface area contributed by atoms with Crippen molar-refractivity contribution in [2.75, 3.05) is 18.9 Å². The van der Waals surface area contributed by atoms with Crippen LogP contribution in [-0.2, 0) is 19.2 Å². The first-order chi connectivity index (χ1) is 14.5. The summed E-state index contributed by atoms with van der Waals surface area (Å²) in [5, 5.41) is 5.51. The Hall–Kier alpha value is -3.74. The minimum absolute atomic E-state index is 0.0120. The van der Waals surface area contributed by atoms with Crippen molar-refractivity contribution in [2.45, 2.75) is 18.8 Å². The zero-order valence-electron chi connectivity index (χ0n) is 16.5. The zero-order valence-corrected chi connectivity index (χ0v) is 16.5. The number of benzene rings is 2. The van der Waals surface area contributed by atoms with Crippen molar-refractivity contribution in [3.05, 3.63) is 65.7 Å². The molecule has 1 heterocycles. The summed E-state index contributed by atoms with van der Waals surface area (Å²) in [6.07, 6.45) is 2.73. The second-order valence-electron chi connectivity index (χ2n) is 7.28. The molecule has 2 N–H and O–H groups in total. The summed E-state index contributed by atoms with van der Waals surface area (Å²) in [4.78, 5) is 48.7. The lowest BCUT2D eigenvalue weighted by Gasteiger charge is -2.15. The summed E-state index contributed by atoms with van der Waals surface area (Å²) in [5.41, 5.74) is 4.85. The van der Waals surface area contributed by atoms with Gasteiger partial charge in [-0.3, -0.25) is 24.1 Å². The molecule has 0 aromatic heterocycles. The third-order valence-electron chi connectivity index (χ3n) is 5.47. The minimum Gasteiger partial charge on any atom is -0.359 e. The van der Waals surface area contributed by atoms with E-state index in [2.05, 4.69) is 10.6 Å². The number of nitrogens with one attached hydrogen (secondary N) is 2. The number of fused-ring (bicyclic) bond motifs is 3. The summed E-state index contributed by atoms with van der Waals surface area (Å²) >= 11 is 0. The van der Waals surface area contributed by atoms with Crippen LogP contribution < -0.4 is 10.6 Å². The van der Waals surface area contributed by atoms with E-state index in [0.29, 0.717) is 12.1 Å². The maximum Gasteiger partial charge on any atom is 0.253 e. The molecule has 0 saturated carbocycles. The molecule has 2 aromatic rings. The van der Waals surface area contributed by atoms with E-state index in [1.54, 1.807) is 7.05 Å². The second-order valence-corrected chi connectivity index (χ2v) is 7.28. The van der Waals surface area contributed by atoms with Crippen molar-refractivity contribution in [2.24, 2.45) is 0 Å². The van der Waals surface area contributed by atoms with Crippen LogP contribution in [0.5, 0.6) is 0 Å². The number of carbonyl (C=O) groups excluding carboxylic acids is 4. The van der Waals surface area contributed by atoms with Gasteiger partial charge >= 0.3 is 0 Å². The van der Waals surface area contributed by atoms with Crippen molar-refractivity contribution in [3.8, 4) is 11.1 Å². The van der Waals surface area contributed by atoms with E-state index in [-0.39, 0.29) is 30.7 Å². The van der Waals surface area contributed by atoms with Gasteiger partial charge in [-0.1, -0.05) is 30.3 Å². The highest BCUT2D eigenvalue weighted by Gasteiger charge is 2.30. The number of rotatable bonds is 6. The lowest BCUT2D eigenvalue weighted by molar-refractivity contribution is -0.137. The van der Waals surface area contributed by atoms with E-state index < -0.39 is 11.8 Å². The van der Waals surface area contributed by atoms with Gasteiger partial charge in [0.15, 0.2) is 0 Å². The average molecular weight is 403 g/mol. The summed E-state index contributed by atoms with van der Waals surface area (Å²) < 4.78 is 0. The van der Waals surface area contributed by atoms with Crippen molar-refractivity contribution in [1.82, 2.24) is 10.2 Å². The molecule has 1 aliphatic carbocycles. The number of carbonyl (C=O) groups is 4. The van der Waals surface area contributed by atoms with Crippen molar-refractivity contribution in [3.63, 3.8) is 0 Å². The van der Waals surface area contributed by atoms with Gasteiger partial charge in [-0.2, -0.15) is 0 Å². The Morgan fingerprint density at radius 2 is 1.63 bits per heavy atom. The van der Waals surface area contributed by atoms with E-state index in [1.807, 2.05) is 42.5 Å². The van der Waals surface area contributed by atoms with Gasteiger partial charge in [-0.25, -0.2) is 0 Å². The number of nitrogens with zero attached hydrogens (tertiary/aromatic N) is 1. The molecular formula is C23H21N3O4. The van der Waals surface area contributed by atoms with Crippen LogP contribution in [-0.4, -0.2) is 42.1 Å². The monoisotopic (exact) mass is 403 g/mol. The maximum atomic E-state index is 12.4. The fourth-order valence-electron chi connectivity index (χ4n) is 3.98. The van der Waals surface area contributed by atoms with Crippen LogP contribution in [0.1, 0.15) is 29.9 Å². The third-order valence-corrected chi connectivity index (χ3v) is 5.47. The lowest BCUT2D eigenvalue weighted by atomic mass is 9.93. The van der Waals surface area contributed by atoms with Crippen LogP contribution in [0.2, 0.25) is 0 Å². The molecule has 30 heavy (non-hydrogen) atoms. The third kappa shape index (κ3) is 3.61. The van der Waals surface area contributed by atoms with Crippen molar-refractivity contribution >= 4 is 29.3 Å². The molecule has 7 nitrogen and oxygen atoms in total. The highest BCUT2D eigenvalue weighted by atomic mass is 16.2. The van der Waals surface area contributed by atoms with Crippen LogP contribution in [0.4, 0.5) is 5.69 Å². The van der Waals surface area contributed by atoms with Gasteiger partial charge in [0.25, 0.3) is 11.8 Å². The molecule has 4 amide bonds. The number of imide groups is 1. The molecule has 0 spiro atoms. The molecule has 1 aliphatic heterocycles. The molecular weight excluding hydrogens is 382 g/mol. The summed E-state index contributed by atoms with van der Waals surface area (Å²) in [7, 11) is 1.62. The molecule has 0 saturated heterocycles. The van der Waals surface area contributed by atoms with E-state index in [1.165, 1.54) is 12.2 Å². The highest BCUT2D eigenvalue weighted by molar-refractivity contribution is 6.13. The Morgan fingerprint density at radius 1 is 0.933 bits per heavy atom. The molecule has 7 heteroatoms. The van der Waals surface area contributed by atoms with Gasteiger partial charge in [0, 0.05) is 50.2 Å². The Labute approximate surface area is 173 Å². The Morgan fingerprint density at radius 3 is 2.37 bits per heavy atom. The maximum absolute atomic E-state index is 12.4. The average Bonchev–Trinajstić information content (AvgIpc) is 3.23. The van der Waals surface area contributed by atoms with Crippen LogP contribution in [0, 0.1) is 0 Å². The number of anilines is 1. The SMILES string of the molecule is CNC(=O)CC1c2ccccc2-c2ccc(NC(=O)CCN3C(=O)C=CC3=O)cc21. The first kappa shape index (κ1) is 19.6. The van der Waals surface area contributed by atoms with Crippen molar-refractivity contribution in [1.29, 1.82) is 0 Å². The van der Waals surface area contributed by atoms with Crippen LogP contribution in [0.3, 0.4) is 0 Å². The van der Waals surface area contributed by atoms with Gasteiger partial charge in [-0.15, -0.1) is 0 Å². The van der Waals surface area contributed by atoms with Crippen LogP contribution in [0.15, 0.2) is 54.6 Å². The molecule has 1 atom stereocenters. The lowest BCUT2D eigenvalue weighted by Crippen LogP contribution is -2.33. The van der Waals surface area contributed by atoms with Gasteiger partial charge in [-0.05, 0) is 34.4 Å². The number of hydrogen-bond donors (Lipinski definition) is 2. The number of hydrogen-bond acceptors (Lipinski definition) is 4. The largest absolute Gasteiger partial charge is 0.359 e. The van der Waals surface area contributed by atoms with E-state index in [4.69, 9.17) is 0 Å². The van der Waals surface area contributed by atoms with E-state index in [0.717, 1.165) is 27.2 Å². The summed E-state index contributed by atoms with van der Waals surface area (Å²) in [5.74, 6) is -1.23. The number of amides is 4. The van der Waals surface area contributed by atoms with Crippen molar-refractivity contribution < 1.29 is 19.2 Å². The standard InChI is InChI=1S/C23H21N3O4/c1-24-21(28)13-19-16-5-3-2-4-15(16)17-7-6-14(12-18(17)19)25-20(27)10-11-26-22(29)8-9-23(26)30/h2-9,12,19H,10-11,13H2,1H3,(H,24,28)(H,25,27). The fraction of sp³-hybridized carbons (Fsp3) is 0.217. The smallest absolute Gasteiger partial charge is 0.253 e. The normalized spacial score (nSPS) is 16.4. The molecule has 1 unspecified atom stereocenters. The Balaban J connectivity index is 1.50.